The third kappa shape index (κ3) is 1.42. The molecule has 0 saturated carbocycles. The Balaban J connectivity index is 2.93. The number of hydrogen-bond acceptors (Lipinski definition) is 3. The van der Waals surface area contributed by atoms with Gasteiger partial charge in [0.25, 0.3) is 0 Å². The van der Waals surface area contributed by atoms with Gasteiger partial charge in [0.05, 0.1) is 11.4 Å². The minimum Gasteiger partial charge on any atom is -0.239 e. The van der Waals surface area contributed by atoms with Crippen molar-refractivity contribution < 1.29 is 0 Å². The number of halogens is 1. The normalized spacial score (nSPS) is 8.80. The molecular formula is C6H4ClN3. The SMILES string of the molecule is N#Cc1cnc(CCl)nc1. The Hall–Kier alpha value is -1.14. The summed E-state index contributed by atoms with van der Waals surface area (Å²) in [7, 11) is 0. The van der Waals surface area contributed by atoms with Gasteiger partial charge in [0, 0.05) is 12.4 Å². The lowest BCUT2D eigenvalue weighted by Gasteiger charge is -1.90. The lowest BCUT2D eigenvalue weighted by Crippen LogP contribution is -1.90. The summed E-state index contributed by atoms with van der Waals surface area (Å²) in [6, 6.07) is 1.91. The Morgan fingerprint density at radius 1 is 1.50 bits per heavy atom. The molecule has 0 unspecified atom stereocenters. The third-order valence-electron chi connectivity index (χ3n) is 0.954. The third-order valence-corrected chi connectivity index (χ3v) is 1.19. The Labute approximate surface area is 63.3 Å². The smallest absolute Gasteiger partial charge is 0.143 e. The van der Waals surface area contributed by atoms with Crippen LogP contribution in [0.25, 0.3) is 0 Å². The average Bonchev–Trinajstić information content (AvgIpc) is 2.05. The van der Waals surface area contributed by atoms with Crippen LogP contribution >= 0.6 is 11.6 Å². The summed E-state index contributed by atoms with van der Waals surface area (Å²) >= 11 is 5.41. The fraction of sp³-hybridized carbons (Fsp3) is 0.167. The molecule has 0 N–H and O–H groups in total. The van der Waals surface area contributed by atoms with E-state index in [1.807, 2.05) is 6.07 Å². The fourth-order valence-electron chi connectivity index (χ4n) is 0.482. The fourth-order valence-corrected chi connectivity index (χ4v) is 0.620. The Morgan fingerprint density at radius 2 is 2.10 bits per heavy atom. The molecule has 0 bridgehead atoms. The van der Waals surface area contributed by atoms with Crippen molar-refractivity contribution in [1.29, 1.82) is 5.26 Å². The molecule has 0 saturated heterocycles. The van der Waals surface area contributed by atoms with Crippen molar-refractivity contribution in [2.24, 2.45) is 0 Å². The van der Waals surface area contributed by atoms with Gasteiger partial charge in [-0.25, -0.2) is 9.97 Å². The van der Waals surface area contributed by atoms with E-state index in [1.165, 1.54) is 12.4 Å². The molecule has 0 radical (unpaired) electrons. The number of alkyl halides is 1. The van der Waals surface area contributed by atoms with Crippen LogP contribution < -0.4 is 0 Å². The molecule has 0 aliphatic rings. The minimum absolute atomic E-state index is 0.283. The molecule has 10 heavy (non-hydrogen) atoms. The second-order valence-electron chi connectivity index (χ2n) is 1.63. The van der Waals surface area contributed by atoms with Crippen LogP contribution in [0.1, 0.15) is 11.4 Å². The van der Waals surface area contributed by atoms with Crippen molar-refractivity contribution in [2.75, 3.05) is 0 Å². The molecule has 0 aromatic carbocycles. The number of aromatic nitrogens is 2. The van der Waals surface area contributed by atoms with Gasteiger partial charge < -0.3 is 0 Å². The number of hydrogen-bond donors (Lipinski definition) is 0. The first-order valence-corrected chi connectivity index (χ1v) is 3.17. The summed E-state index contributed by atoms with van der Waals surface area (Å²) < 4.78 is 0. The summed E-state index contributed by atoms with van der Waals surface area (Å²) in [5, 5.41) is 8.34. The van der Waals surface area contributed by atoms with Crippen molar-refractivity contribution in [3.63, 3.8) is 0 Å². The Bertz CT molecular complexity index is 249. The van der Waals surface area contributed by atoms with Gasteiger partial charge in [-0.05, 0) is 0 Å². The van der Waals surface area contributed by atoms with Gasteiger partial charge in [-0.2, -0.15) is 5.26 Å². The Kier molecular flexibility index (Phi) is 2.19. The minimum atomic E-state index is 0.283. The maximum atomic E-state index is 8.34. The highest BCUT2D eigenvalue weighted by molar-refractivity contribution is 6.16. The first kappa shape index (κ1) is 6.97. The molecule has 4 heteroatoms. The van der Waals surface area contributed by atoms with E-state index >= 15 is 0 Å². The van der Waals surface area contributed by atoms with Crippen LogP contribution in [0.15, 0.2) is 12.4 Å². The van der Waals surface area contributed by atoms with Crippen LogP contribution in [0, 0.1) is 11.3 Å². The van der Waals surface area contributed by atoms with E-state index in [9.17, 15) is 0 Å². The molecule has 1 aromatic rings. The average molecular weight is 154 g/mol. The van der Waals surface area contributed by atoms with Crippen LogP contribution in [0.2, 0.25) is 0 Å². The van der Waals surface area contributed by atoms with Crippen LogP contribution in [-0.2, 0) is 5.88 Å². The summed E-state index contributed by atoms with van der Waals surface area (Å²) in [6.07, 6.45) is 2.90. The summed E-state index contributed by atoms with van der Waals surface area (Å²) in [5.41, 5.74) is 0.453. The van der Waals surface area contributed by atoms with Crippen molar-refractivity contribution in [1.82, 2.24) is 9.97 Å². The lowest BCUT2D eigenvalue weighted by atomic mass is 10.4. The molecule has 1 rings (SSSR count). The molecule has 0 spiro atoms. The van der Waals surface area contributed by atoms with Crippen molar-refractivity contribution in [3.8, 4) is 6.07 Å². The highest BCUT2D eigenvalue weighted by atomic mass is 35.5. The van der Waals surface area contributed by atoms with Crippen molar-refractivity contribution in [3.05, 3.63) is 23.8 Å². The van der Waals surface area contributed by atoms with E-state index in [1.54, 1.807) is 0 Å². The standard InChI is InChI=1S/C6H4ClN3/c7-1-6-9-3-5(2-8)4-10-6/h3-4H,1H2. The van der Waals surface area contributed by atoms with Gasteiger partial charge in [-0.1, -0.05) is 0 Å². The molecule has 3 nitrogen and oxygen atoms in total. The molecule has 0 aliphatic carbocycles. The second kappa shape index (κ2) is 3.14. The monoisotopic (exact) mass is 153 g/mol. The molecule has 1 aromatic heterocycles. The maximum absolute atomic E-state index is 8.34. The Morgan fingerprint density at radius 3 is 2.50 bits per heavy atom. The molecule has 0 aliphatic heterocycles. The zero-order chi connectivity index (χ0) is 7.40. The van der Waals surface area contributed by atoms with Crippen LogP contribution in [0.3, 0.4) is 0 Å². The van der Waals surface area contributed by atoms with E-state index in [2.05, 4.69) is 9.97 Å². The van der Waals surface area contributed by atoms with Gasteiger partial charge in [0.2, 0.25) is 0 Å². The van der Waals surface area contributed by atoms with Gasteiger partial charge in [0.15, 0.2) is 0 Å². The van der Waals surface area contributed by atoms with E-state index in [0.717, 1.165) is 0 Å². The first-order valence-electron chi connectivity index (χ1n) is 2.64. The van der Waals surface area contributed by atoms with Crippen molar-refractivity contribution in [2.45, 2.75) is 5.88 Å². The topological polar surface area (TPSA) is 49.6 Å². The zero-order valence-corrected chi connectivity index (χ0v) is 5.84. The van der Waals surface area contributed by atoms with E-state index in [0.29, 0.717) is 11.4 Å². The van der Waals surface area contributed by atoms with Gasteiger partial charge >= 0.3 is 0 Å². The summed E-state index contributed by atoms with van der Waals surface area (Å²) in [5.74, 6) is 0.826. The second-order valence-corrected chi connectivity index (χ2v) is 1.90. The summed E-state index contributed by atoms with van der Waals surface area (Å²) in [6.45, 7) is 0. The van der Waals surface area contributed by atoms with Gasteiger partial charge in [-0.3, -0.25) is 0 Å². The predicted octanol–water partition coefficient (Wildman–Crippen LogP) is 1.09. The van der Waals surface area contributed by atoms with E-state index < -0.39 is 0 Å². The molecule has 50 valence electrons. The molecule has 0 fully saturated rings. The first-order chi connectivity index (χ1) is 4.86. The lowest BCUT2D eigenvalue weighted by molar-refractivity contribution is 1.02. The predicted molar refractivity (Wildman–Crippen MR) is 36.3 cm³/mol. The van der Waals surface area contributed by atoms with Crippen LogP contribution in [0.4, 0.5) is 0 Å². The molecule has 0 atom stereocenters. The molecule has 1 heterocycles. The molecular weight excluding hydrogens is 150 g/mol. The van der Waals surface area contributed by atoms with E-state index in [4.69, 9.17) is 16.9 Å². The van der Waals surface area contributed by atoms with E-state index in [-0.39, 0.29) is 5.88 Å². The summed E-state index contributed by atoms with van der Waals surface area (Å²) in [4.78, 5) is 7.60. The van der Waals surface area contributed by atoms with Crippen LogP contribution in [-0.4, -0.2) is 9.97 Å². The van der Waals surface area contributed by atoms with Crippen molar-refractivity contribution >= 4 is 11.6 Å². The highest BCUT2D eigenvalue weighted by Gasteiger charge is 1.92. The van der Waals surface area contributed by atoms with Crippen LogP contribution in [0.5, 0.6) is 0 Å². The molecule has 0 amide bonds. The van der Waals surface area contributed by atoms with Gasteiger partial charge in [0.1, 0.15) is 11.9 Å². The highest BCUT2D eigenvalue weighted by Crippen LogP contribution is 1.96. The number of rotatable bonds is 1. The zero-order valence-electron chi connectivity index (χ0n) is 5.08. The quantitative estimate of drug-likeness (QED) is 0.568. The largest absolute Gasteiger partial charge is 0.239 e. The number of nitrogens with zero attached hydrogens (tertiary/aromatic N) is 3. The van der Waals surface area contributed by atoms with Gasteiger partial charge in [-0.15, -0.1) is 11.6 Å². The number of nitriles is 1. The maximum Gasteiger partial charge on any atom is 0.143 e.